The molecule has 0 atom stereocenters. The molecule has 2 aromatic carbocycles. The van der Waals surface area contributed by atoms with E-state index >= 15 is 0 Å². The topological polar surface area (TPSA) is 53.8 Å². The van der Waals surface area contributed by atoms with Gasteiger partial charge in [0.2, 0.25) is 0 Å². The van der Waals surface area contributed by atoms with Crippen molar-refractivity contribution in [2.75, 3.05) is 6.61 Å². The Hall–Kier alpha value is -2.50. The van der Waals surface area contributed by atoms with Gasteiger partial charge in [-0.1, -0.05) is 48.6 Å². The van der Waals surface area contributed by atoms with E-state index < -0.39 is 0 Å². The first kappa shape index (κ1) is 15.4. The number of aliphatic hydroxyl groups excluding tert-OH is 1. The van der Waals surface area contributed by atoms with Gasteiger partial charge < -0.3 is 5.11 Å². The SMILES string of the molecule is C=CC/C=C(\CO)c1n[nH]c(=S)n1-c1cccc2ccccc12. The molecule has 0 radical (unpaired) electrons. The van der Waals surface area contributed by atoms with Gasteiger partial charge >= 0.3 is 0 Å². The third-order valence-corrected chi connectivity index (χ3v) is 3.94. The average molecular weight is 323 g/mol. The molecule has 0 saturated carbocycles. The van der Waals surface area contributed by atoms with Crippen molar-refractivity contribution in [2.24, 2.45) is 0 Å². The van der Waals surface area contributed by atoms with Crippen LogP contribution in [0.25, 0.3) is 22.0 Å². The van der Waals surface area contributed by atoms with Crippen molar-refractivity contribution in [3.8, 4) is 5.69 Å². The Labute approximate surface area is 139 Å². The molecule has 23 heavy (non-hydrogen) atoms. The van der Waals surface area contributed by atoms with E-state index in [1.807, 2.05) is 34.9 Å². The fourth-order valence-electron chi connectivity index (χ4n) is 2.59. The lowest BCUT2D eigenvalue weighted by Gasteiger charge is -2.11. The van der Waals surface area contributed by atoms with Gasteiger partial charge in [0.05, 0.1) is 12.3 Å². The molecule has 4 nitrogen and oxygen atoms in total. The largest absolute Gasteiger partial charge is 0.392 e. The first-order chi connectivity index (χ1) is 11.3. The second-order valence-corrected chi connectivity index (χ2v) is 5.48. The van der Waals surface area contributed by atoms with Gasteiger partial charge in [0.15, 0.2) is 10.6 Å². The smallest absolute Gasteiger partial charge is 0.200 e. The van der Waals surface area contributed by atoms with E-state index in [4.69, 9.17) is 12.2 Å². The number of fused-ring (bicyclic) bond motifs is 1. The number of nitrogens with zero attached hydrogens (tertiary/aromatic N) is 2. The van der Waals surface area contributed by atoms with Crippen molar-refractivity contribution in [1.82, 2.24) is 14.8 Å². The van der Waals surface area contributed by atoms with Crippen molar-refractivity contribution >= 4 is 28.6 Å². The number of rotatable bonds is 5. The molecule has 0 bridgehead atoms. The van der Waals surface area contributed by atoms with Gasteiger partial charge in [-0.25, -0.2) is 0 Å². The third-order valence-electron chi connectivity index (χ3n) is 3.67. The molecule has 5 heteroatoms. The Morgan fingerprint density at radius 3 is 2.83 bits per heavy atom. The summed E-state index contributed by atoms with van der Waals surface area (Å²) < 4.78 is 2.36. The van der Waals surface area contributed by atoms with Gasteiger partial charge in [-0.3, -0.25) is 9.67 Å². The van der Waals surface area contributed by atoms with Crippen molar-refractivity contribution < 1.29 is 5.11 Å². The zero-order valence-electron chi connectivity index (χ0n) is 12.6. The molecule has 0 aliphatic rings. The number of aliphatic hydroxyl groups is 1. The van der Waals surface area contributed by atoms with Crippen LogP contribution in [0.15, 0.2) is 61.2 Å². The number of hydrogen-bond donors (Lipinski definition) is 2. The summed E-state index contributed by atoms with van der Waals surface area (Å²) in [6.45, 7) is 3.59. The van der Waals surface area contributed by atoms with Crippen LogP contribution in [0.5, 0.6) is 0 Å². The summed E-state index contributed by atoms with van der Waals surface area (Å²) in [7, 11) is 0. The minimum Gasteiger partial charge on any atom is -0.392 e. The Morgan fingerprint density at radius 1 is 1.26 bits per heavy atom. The highest BCUT2D eigenvalue weighted by atomic mass is 32.1. The van der Waals surface area contributed by atoms with E-state index in [-0.39, 0.29) is 6.61 Å². The number of aromatic nitrogens is 3. The molecule has 2 N–H and O–H groups in total. The van der Waals surface area contributed by atoms with E-state index in [1.54, 1.807) is 6.08 Å². The predicted molar refractivity (Wildman–Crippen MR) is 96.1 cm³/mol. The monoisotopic (exact) mass is 323 g/mol. The van der Waals surface area contributed by atoms with Gasteiger partial charge in [0.1, 0.15) is 0 Å². The number of benzene rings is 2. The molecule has 0 fully saturated rings. The molecule has 0 aliphatic carbocycles. The van der Waals surface area contributed by atoms with E-state index in [1.165, 1.54) is 0 Å². The molecule has 116 valence electrons. The number of hydrogen-bond acceptors (Lipinski definition) is 3. The Bertz CT molecular complexity index is 931. The molecule has 0 amide bonds. The molecule has 3 rings (SSSR count). The zero-order chi connectivity index (χ0) is 16.2. The van der Waals surface area contributed by atoms with Crippen molar-refractivity contribution in [3.05, 3.63) is 71.8 Å². The molecule has 0 saturated heterocycles. The first-order valence-electron chi connectivity index (χ1n) is 7.33. The van der Waals surface area contributed by atoms with E-state index in [0.29, 0.717) is 22.6 Å². The van der Waals surface area contributed by atoms with Crippen LogP contribution in [0.2, 0.25) is 0 Å². The standard InChI is InChI=1S/C18H17N3OS/c1-2-3-7-14(12-22)17-19-20-18(23)21(17)16-11-6-9-13-8-4-5-10-15(13)16/h2,4-11,22H,1,3,12H2,(H,20,23)/b14-7+. The molecule has 1 heterocycles. The second-order valence-electron chi connectivity index (χ2n) is 5.10. The summed E-state index contributed by atoms with van der Waals surface area (Å²) in [5.74, 6) is 0.621. The van der Waals surface area contributed by atoms with Crippen LogP contribution in [0.1, 0.15) is 12.2 Å². The van der Waals surface area contributed by atoms with Crippen molar-refractivity contribution in [1.29, 1.82) is 0 Å². The highest BCUT2D eigenvalue weighted by Gasteiger charge is 2.14. The number of allylic oxidation sites excluding steroid dienone is 2. The van der Waals surface area contributed by atoms with E-state index in [2.05, 4.69) is 35.0 Å². The average Bonchev–Trinajstić information content (AvgIpc) is 2.96. The molecular formula is C18H17N3OS. The summed E-state index contributed by atoms with van der Waals surface area (Å²) in [5, 5.41) is 19.0. The lowest BCUT2D eigenvalue weighted by atomic mass is 10.1. The lowest BCUT2D eigenvalue weighted by molar-refractivity contribution is 0.349. The van der Waals surface area contributed by atoms with Crippen LogP contribution in [0.3, 0.4) is 0 Å². The van der Waals surface area contributed by atoms with Gasteiger partial charge in [-0.15, -0.1) is 6.58 Å². The quantitative estimate of drug-likeness (QED) is 0.550. The summed E-state index contributed by atoms with van der Waals surface area (Å²) in [6, 6.07) is 14.2. The summed E-state index contributed by atoms with van der Waals surface area (Å²) in [5.41, 5.74) is 1.65. The normalized spacial score (nSPS) is 11.8. The predicted octanol–water partition coefficient (Wildman–Crippen LogP) is 4.03. The molecule has 0 unspecified atom stereocenters. The summed E-state index contributed by atoms with van der Waals surface area (Å²) in [6.07, 6.45) is 4.34. The second kappa shape index (κ2) is 6.73. The van der Waals surface area contributed by atoms with Crippen LogP contribution in [0.4, 0.5) is 0 Å². The van der Waals surface area contributed by atoms with Crippen LogP contribution in [-0.2, 0) is 0 Å². The Morgan fingerprint density at radius 2 is 2.04 bits per heavy atom. The van der Waals surface area contributed by atoms with Crippen molar-refractivity contribution in [2.45, 2.75) is 6.42 Å². The first-order valence-corrected chi connectivity index (χ1v) is 7.73. The summed E-state index contributed by atoms with van der Waals surface area (Å²) >= 11 is 5.41. The molecule has 3 aromatic rings. The Kier molecular flexibility index (Phi) is 4.50. The number of aromatic amines is 1. The molecule has 0 spiro atoms. The summed E-state index contributed by atoms with van der Waals surface area (Å²) in [4.78, 5) is 0. The van der Waals surface area contributed by atoms with Crippen LogP contribution >= 0.6 is 12.2 Å². The minimum atomic E-state index is -0.113. The maximum absolute atomic E-state index is 9.70. The third kappa shape index (κ3) is 2.88. The zero-order valence-corrected chi connectivity index (χ0v) is 13.4. The van der Waals surface area contributed by atoms with E-state index in [9.17, 15) is 5.11 Å². The molecule has 1 aromatic heterocycles. The van der Waals surface area contributed by atoms with Crippen molar-refractivity contribution in [3.63, 3.8) is 0 Å². The number of nitrogens with one attached hydrogen (secondary N) is 1. The molecule has 0 aliphatic heterocycles. The fraction of sp³-hybridized carbons (Fsp3) is 0.111. The van der Waals surface area contributed by atoms with Gasteiger partial charge in [0, 0.05) is 11.0 Å². The van der Waals surface area contributed by atoms with Crippen LogP contribution in [-0.4, -0.2) is 26.5 Å². The van der Waals surface area contributed by atoms with Crippen LogP contribution in [0, 0.1) is 4.77 Å². The maximum Gasteiger partial charge on any atom is 0.200 e. The van der Waals surface area contributed by atoms with Gasteiger partial charge in [-0.05, 0) is 30.1 Å². The minimum absolute atomic E-state index is 0.113. The maximum atomic E-state index is 9.70. The lowest BCUT2D eigenvalue weighted by Crippen LogP contribution is -2.04. The fourth-order valence-corrected chi connectivity index (χ4v) is 2.82. The van der Waals surface area contributed by atoms with E-state index in [0.717, 1.165) is 16.5 Å². The Balaban J connectivity index is 2.26. The van der Waals surface area contributed by atoms with Crippen LogP contribution < -0.4 is 0 Å². The van der Waals surface area contributed by atoms with Gasteiger partial charge in [-0.2, -0.15) is 5.10 Å². The molecular weight excluding hydrogens is 306 g/mol. The highest BCUT2D eigenvalue weighted by molar-refractivity contribution is 7.71. The number of H-pyrrole nitrogens is 1. The highest BCUT2D eigenvalue weighted by Crippen LogP contribution is 2.25. The van der Waals surface area contributed by atoms with Gasteiger partial charge in [0.25, 0.3) is 0 Å².